The molecule has 0 radical (unpaired) electrons. The van der Waals surface area contributed by atoms with Crippen LogP contribution in [0.2, 0.25) is 0 Å². The molecule has 0 N–H and O–H groups in total. The molecule has 1 aromatic carbocycles. The van der Waals surface area contributed by atoms with Crippen LogP contribution in [0.5, 0.6) is 11.5 Å². The molecule has 0 aliphatic heterocycles. The normalized spacial score (nSPS) is 10.2. The topological polar surface area (TPSA) is 40.0 Å². The second-order valence-corrected chi connectivity index (χ2v) is 6.86. The van der Waals surface area contributed by atoms with E-state index in [4.69, 9.17) is 37.5 Å². The SMILES string of the molecule is CCc1c(C)c(OCC=C(Cl)Cl)cc(C)c1OCCCON=C(C)C. The highest BCUT2D eigenvalue weighted by molar-refractivity contribution is 6.55. The Morgan fingerprint density at radius 2 is 1.88 bits per heavy atom. The van der Waals surface area contributed by atoms with Crippen molar-refractivity contribution in [1.82, 2.24) is 0 Å². The van der Waals surface area contributed by atoms with E-state index in [-0.39, 0.29) is 4.49 Å². The minimum atomic E-state index is 0.204. The summed E-state index contributed by atoms with van der Waals surface area (Å²) in [6.45, 7) is 11.4. The lowest BCUT2D eigenvalue weighted by Crippen LogP contribution is -2.07. The van der Waals surface area contributed by atoms with E-state index in [1.54, 1.807) is 6.08 Å². The van der Waals surface area contributed by atoms with Crippen molar-refractivity contribution >= 4 is 28.9 Å². The summed E-state index contributed by atoms with van der Waals surface area (Å²) in [4.78, 5) is 5.19. The third kappa shape index (κ3) is 7.57. The van der Waals surface area contributed by atoms with E-state index in [0.29, 0.717) is 19.8 Å². The summed E-state index contributed by atoms with van der Waals surface area (Å²) in [7, 11) is 0. The highest BCUT2D eigenvalue weighted by Gasteiger charge is 2.14. The second kappa shape index (κ2) is 11.3. The first-order chi connectivity index (χ1) is 11.9. The highest BCUT2D eigenvalue weighted by atomic mass is 35.5. The number of benzene rings is 1. The van der Waals surface area contributed by atoms with Crippen molar-refractivity contribution in [2.24, 2.45) is 5.16 Å². The Labute approximate surface area is 160 Å². The fourth-order valence-corrected chi connectivity index (χ4v) is 2.50. The van der Waals surface area contributed by atoms with Crippen LogP contribution in [0.25, 0.3) is 0 Å². The zero-order valence-corrected chi connectivity index (χ0v) is 17.1. The fourth-order valence-electron chi connectivity index (χ4n) is 2.37. The van der Waals surface area contributed by atoms with Crippen LogP contribution in [0, 0.1) is 13.8 Å². The van der Waals surface area contributed by atoms with Gasteiger partial charge in [-0.1, -0.05) is 35.3 Å². The summed E-state index contributed by atoms with van der Waals surface area (Å²) in [6, 6.07) is 1.99. The lowest BCUT2D eigenvalue weighted by molar-refractivity contribution is 0.127. The lowest BCUT2D eigenvalue weighted by atomic mass is 10.0. The van der Waals surface area contributed by atoms with E-state index in [0.717, 1.165) is 46.7 Å². The molecule has 0 aromatic heterocycles. The van der Waals surface area contributed by atoms with Gasteiger partial charge >= 0.3 is 0 Å². The molecule has 1 aromatic rings. The molecule has 0 atom stereocenters. The summed E-state index contributed by atoms with van der Waals surface area (Å²) in [5, 5.41) is 3.91. The summed E-state index contributed by atoms with van der Waals surface area (Å²) < 4.78 is 12.0. The zero-order chi connectivity index (χ0) is 18.8. The predicted molar refractivity (Wildman–Crippen MR) is 105 cm³/mol. The van der Waals surface area contributed by atoms with Gasteiger partial charge in [-0.2, -0.15) is 0 Å². The predicted octanol–water partition coefficient (Wildman–Crippen LogP) is 5.74. The van der Waals surface area contributed by atoms with Crippen LogP contribution in [0.4, 0.5) is 0 Å². The number of hydrogen-bond acceptors (Lipinski definition) is 4. The molecule has 6 heteroatoms. The number of hydrogen-bond donors (Lipinski definition) is 0. The first-order valence-electron chi connectivity index (χ1n) is 8.39. The number of nitrogens with zero attached hydrogens (tertiary/aromatic N) is 1. The quantitative estimate of drug-likeness (QED) is 0.291. The number of aryl methyl sites for hydroxylation is 1. The van der Waals surface area contributed by atoms with E-state index < -0.39 is 0 Å². The van der Waals surface area contributed by atoms with E-state index in [1.807, 2.05) is 33.8 Å². The Kier molecular flexibility index (Phi) is 9.76. The highest BCUT2D eigenvalue weighted by Crippen LogP contribution is 2.34. The maximum Gasteiger partial charge on any atom is 0.125 e. The molecule has 0 saturated heterocycles. The Hall–Kier alpha value is -1.39. The molecule has 1 rings (SSSR count). The zero-order valence-electron chi connectivity index (χ0n) is 15.6. The average Bonchev–Trinajstić information content (AvgIpc) is 2.54. The molecule has 0 unspecified atom stereocenters. The summed E-state index contributed by atoms with van der Waals surface area (Å²) in [5.41, 5.74) is 4.17. The third-order valence-corrected chi connectivity index (χ3v) is 3.81. The van der Waals surface area contributed by atoms with Crippen LogP contribution in [-0.4, -0.2) is 25.5 Å². The number of rotatable bonds is 10. The second-order valence-electron chi connectivity index (χ2n) is 5.86. The molecule has 0 saturated carbocycles. The van der Waals surface area contributed by atoms with Gasteiger partial charge < -0.3 is 14.3 Å². The first-order valence-corrected chi connectivity index (χ1v) is 9.15. The lowest BCUT2D eigenvalue weighted by Gasteiger charge is -2.19. The third-order valence-electron chi connectivity index (χ3n) is 3.51. The maximum absolute atomic E-state index is 6.01. The molecule has 0 aliphatic carbocycles. The smallest absolute Gasteiger partial charge is 0.125 e. The average molecular weight is 388 g/mol. The van der Waals surface area contributed by atoms with Crippen molar-refractivity contribution in [2.75, 3.05) is 19.8 Å². The van der Waals surface area contributed by atoms with Crippen LogP contribution < -0.4 is 9.47 Å². The number of ether oxygens (including phenoxy) is 2. The van der Waals surface area contributed by atoms with Crippen molar-refractivity contribution < 1.29 is 14.3 Å². The maximum atomic E-state index is 6.01. The van der Waals surface area contributed by atoms with Crippen LogP contribution in [0.3, 0.4) is 0 Å². The van der Waals surface area contributed by atoms with Gasteiger partial charge in [-0.3, -0.25) is 0 Å². The Bertz CT molecular complexity index is 620. The molecular weight excluding hydrogens is 361 g/mol. The number of oxime groups is 1. The van der Waals surface area contributed by atoms with Gasteiger partial charge in [-0.25, -0.2) is 0 Å². The van der Waals surface area contributed by atoms with Gasteiger partial charge in [-0.05, 0) is 57.4 Å². The first kappa shape index (κ1) is 21.7. The molecular formula is C19H27Cl2NO3. The monoisotopic (exact) mass is 387 g/mol. The van der Waals surface area contributed by atoms with Crippen molar-refractivity contribution in [3.05, 3.63) is 33.3 Å². The molecule has 0 spiro atoms. The molecule has 0 aliphatic rings. The summed E-state index contributed by atoms with van der Waals surface area (Å²) >= 11 is 11.2. The molecule has 0 bridgehead atoms. The molecule has 140 valence electrons. The largest absolute Gasteiger partial charge is 0.493 e. The van der Waals surface area contributed by atoms with Crippen molar-refractivity contribution in [1.29, 1.82) is 0 Å². The van der Waals surface area contributed by atoms with E-state index >= 15 is 0 Å². The molecule has 25 heavy (non-hydrogen) atoms. The van der Waals surface area contributed by atoms with E-state index in [1.165, 1.54) is 0 Å². The fraction of sp³-hybridized carbons (Fsp3) is 0.526. The van der Waals surface area contributed by atoms with Crippen LogP contribution in [0.15, 0.2) is 21.8 Å². The Morgan fingerprint density at radius 3 is 2.48 bits per heavy atom. The van der Waals surface area contributed by atoms with Crippen molar-refractivity contribution in [3.8, 4) is 11.5 Å². The van der Waals surface area contributed by atoms with Crippen LogP contribution in [-0.2, 0) is 11.3 Å². The van der Waals surface area contributed by atoms with Gasteiger partial charge in [0.15, 0.2) is 0 Å². The number of halogens is 2. The van der Waals surface area contributed by atoms with E-state index in [2.05, 4.69) is 12.1 Å². The van der Waals surface area contributed by atoms with Crippen LogP contribution >= 0.6 is 23.2 Å². The summed E-state index contributed by atoms with van der Waals surface area (Å²) in [5.74, 6) is 1.75. The minimum absolute atomic E-state index is 0.204. The standard InChI is InChI=1S/C19H27Cl2NO3/c1-6-16-15(5)17(23-11-8-18(20)21)12-14(4)19(16)24-9-7-10-25-22-13(2)3/h8,12H,6-7,9-11H2,1-5H3. The Morgan fingerprint density at radius 1 is 1.16 bits per heavy atom. The van der Waals surface area contributed by atoms with Crippen molar-refractivity contribution in [2.45, 2.75) is 47.5 Å². The molecule has 0 heterocycles. The Balaban J connectivity index is 2.75. The van der Waals surface area contributed by atoms with E-state index in [9.17, 15) is 0 Å². The molecule has 0 fully saturated rings. The molecule has 0 amide bonds. The van der Waals surface area contributed by atoms with Crippen LogP contribution in [0.1, 0.15) is 43.9 Å². The van der Waals surface area contributed by atoms with Gasteiger partial charge in [0.25, 0.3) is 0 Å². The van der Waals surface area contributed by atoms with Gasteiger partial charge in [0.1, 0.15) is 29.2 Å². The van der Waals surface area contributed by atoms with Gasteiger partial charge in [-0.15, -0.1) is 0 Å². The summed E-state index contributed by atoms with van der Waals surface area (Å²) in [6.07, 6.45) is 3.26. The minimum Gasteiger partial charge on any atom is -0.493 e. The van der Waals surface area contributed by atoms with Gasteiger partial charge in [0.05, 0.1) is 12.3 Å². The van der Waals surface area contributed by atoms with Crippen molar-refractivity contribution in [3.63, 3.8) is 0 Å². The van der Waals surface area contributed by atoms with Gasteiger partial charge in [0.2, 0.25) is 0 Å². The van der Waals surface area contributed by atoms with Gasteiger partial charge in [0, 0.05) is 12.0 Å². The molecule has 4 nitrogen and oxygen atoms in total.